The van der Waals surface area contributed by atoms with Gasteiger partial charge in [0.15, 0.2) is 0 Å². The molecule has 90 valence electrons. The Balaban J connectivity index is 2.46. The fourth-order valence-corrected chi connectivity index (χ4v) is 2.17. The highest BCUT2D eigenvalue weighted by molar-refractivity contribution is 7.77. The maximum atomic E-state index is 10.6. The van der Waals surface area contributed by atoms with Crippen molar-refractivity contribution in [2.24, 2.45) is 0 Å². The number of hydrogen-bond donors (Lipinski definition) is 3. The third-order valence-corrected chi connectivity index (χ3v) is 3.06. The van der Waals surface area contributed by atoms with Crippen LogP contribution in [0.5, 0.6) is 0 Å². The van der Waals surface area contributed by atoms with E-state index in [1.807, 2.05) is 43.4 Å². The molecule has 0 radical (unpaired) electrons. The fourth-order valence-electron chi connectivity index (χ4n) is 1.89. The molecule has 0 heterocycles. The van der Waals surface area contributed by atoms with Crippen LogP contribution in [0, 0.1) is 0 Å². The standard InChI is InChI=1S/C12H14N2O2S/c1-13-12-7-3-5-10-9(8-14-17(15)16)4-2-6-11(10)12/h2-7,13-14H,8H2,1H3,(H,15,16). The molecule has 0 aliphatic heterocycles. The maximum Gasteiger partial charge on any atom is 0.232 e. The van der Waals surface area contributed by atoms with Crippen molar-refractivity contribution in [3.8, 4) is 0 Å². The molecule has 0 amide bonds. The van der Waals surface area contributed by atoms with E-state index in [4.69, 9.17) is 4.55 Å². The topological polar surface area (TPSA) is 61.4 Å². The number of hydrogen-bond acceptors (Lipinski definition) is 2. The first-order valence-electron chi connectivity index (χ1n) is 5.25. The van der Waals surface area contributed by atoms with Crippen LogP contribution < -0.4 is 10.0 Å². The van der Waals surface area contributed by atoms with Gasteiger partial charge in [0.25, 0.3) is 0 Å². The Kier molecular flexibility index (Phi) is 3.73. The summed E-state index contributed by atoms with van der Waals surface area (Å²) in [5, 5.41) is 5.32. The van der Waals surface area contributed by atoms with Gasteiger partial charge in [-0.15, -0.1) is 0 Å². The van der Waals surface area contributed by atoms with Crippen LogP contribution in [-0.2, 0) is 17.8 Å². The molecule has 1 atom stereocenters. The molecule has 0 aliphatic carbocycles. The van der Waals surface area contributed by atoms with Crippen molar-refractivity contribution in [3.05, 3.63) is 42.0 Å². The molecule has 1 unspecified atom stereocenters. The molecule has 0 saturated heterocycles. The first-order valence-corrected chi connectivity index (χ1v) is 6.36. The molecule has 17 heavy (non-hydrogen) atoms. The second-order valence-electron chi connectivity index (χ2n) is 3.64. The molecular formula is C12H14N2O2S. The van der Waals surface area contributed by atoms with Crippen LogP contribution >= 0.6 is 0 Å². The number of benzene rings is 2. The van der Waals surface area contributed by atoms with Crippen LogP contribution in [0.3, 0.4) is 0 Å². The number of fused-ring (bicyclic) bond motifs is 1. The third kappa shape index (κ3) is 2.63. The molecule has 4 nitrogen and oxygen atoms in total. The van der Waals surface area contributed by atoms with Crippen molar-refractivity contribution in [1.82, 2.24) is 4.72 Å². The van der Waals surface area contributed by atoms with Gasteiger partial charge >= 0.3 is 0 Å². The van der Waals surface area contributed by atoms with Gasteiger partial charge in [-0.2, -0.15) is 0 Å². The van der Waals surface area contributed by atoms with Gasteiger partial charge in [0.05, 0.1) is 0 Å². The van der Waals surface area contributed by atoms with Gasteiger partial charge in [-0.25, -0.2) is 8.93 Å². The highest BCUT2D eigenvalue weighted by Crippen LogP contribution is 2.25. The van der Waals surface area contributed by atoms with Crippen molar-refractivity contribution in [1.29, 1.82) is 0 Å². The van der Waals surface area contributed by atoms with Crippen molar-refractivity contribution >= 4 is 27.7 Å². The molecule has 3 N–H and O–H groups in total. The highest BCUT2D eigenvalue weighted by Gasteiger charge is 2.04. The summed E-state index contributed by atoms with van der Waals surface area (Å²) in [6.07, 6.45) is 0. The highest BCUT2D eigenvalue weighted by atomic mass is 32.2. The van der Waals surface area contributed by atoms with Crippen LogP contribution in [0.15, 0.2) is 36.4 Å². The summed E-state index contributed by atoms with van der Waals surface area (Å²) in [6, 6.07) is 11.9. The number of rotatable bonds is 4. The first kappa shape index (κ1) is 12.0. The lowest BCUT2D eigenvalue weighted by molar-refractivity contribution is 0.549. The van der Waals surface area contributed by atoms with E-state index in [-0.39, 0.29) is 0 Å². The number of nitrogens with one attached hydrogen (secondary N) is 2. The second kappa shape index (κ2) is 5.27. The van der Waals surface area contributed by atoms with Crippen LogP contribution in [-0.4, -0.2) is 15.8 Å². The second-order valence-corrected chi connectivity index (χ2v) is 4.43. The third-order valence-electron chi connectivity index (χ3n) is 2.67. The Labute approximate surface area is 102 Å². The predicted molar refractivity (Wildman–Crippen MR) is 71.1 cm³/mol. The zero-order valence-electron chi connectivity index (χ0n) is 9.43. The minimum Gasteiger partial charge on any atom is -0.388 e. The SMILES string of the molecule is CNc1cccc2c(CNS(=O)O)cccc12. The van der Waals surface area contributed by atoms with E-state index in [1.54, 1.807) is 0 Å². The lowest BCUT2D eigenvalue weighted by Crippen LogP contribution is -2.15. The molecule has 5 heteroatoms. The van der Waals surface area contributed by atoms with Gasteiger partial charge < -0.3 is 5.32 Å². The average Bonchev–Trinajstić information content (AvgIpc) is 2.35. The summed E-state index contributed by atoms with van der Waals surface area (Å²) < 4.78 is 21.9. The maximum absolute atomic E-state index is 10.6. The Morgan fingerprint density at radius 3 is 2.59 bits per heavy atom. The molecule has 0 spiro atoms. The van der Waals surface area contributed by atoms with Crippen LogP contribution in [0.1, 0.15) is 5.56 Å². The summed E-state index contributed by atoms with van der Waals surface area (Å²) >= 11 is -1.98. The average molecular weight is 250 g/mol. The van der Waals surface area contributed by atoms with E-state index < -0.39 is 11.3 Å². The number of anilines is 1. The van der Waals surface area contributed by atoms with E-state index in [0.717, 1.165) is 22.0 Å². The summed E-state index contributed by atoms with van der Waals surface area (Å²) in [5.74, 6) is 0. The van der Waals surface area contributed by atoms with E-state index in [1.165, 1.54) is 0 Å². The molecule has 0 fully saturated rings. The molecule has 0 aromatic heterocycles. The van der Waals surface area contributed by atoms with E-state index in [0.29, 0.717) is 6.54 Å². The predicted octanol–water partition coefficient (Wildman–Crippen LogP) is 2.11. The summed E-state index contributed by atoms with van der Waals surface area (Å²) in [5.41, 5.74) is 2.05. The molecular weight excluding hydrogens is 236 g/mol. The van der Waals surface area contributed by atoms with Gasteiger partial charge in [-0.3, -0.25) is 4.55 Å². The summed E-state index contributed by atoms with van der Waals surface area (Å²) in [7, 11) is 1.88. The van der Waals surface area contributed by atoms with E-state index >= 15 is 0 Å². The minimum absolute atomic E-state index is 0.369. The zero-order valence-corrected chi connectivity index (χ0v) is 10.3. The van der Waals surface area contributed by atoms with Crippen molar-refractivity contribution in [3.63, 3.8) is 0 Å². The van der Waals surface area contributed by atoms with E-state index in [2.05, 4.69) is 10.0 Å². The lowest BCUT2D eigenvalue weighted by Gasteiger charge is -2.09. The summed E-state index contributed by atoms with van der Waals surface area (Å²) in [4.78, 5) is 0. The molecule has 2 aromatic rings. The smallest absolute Gasteiger partial charge is 0.232 e. The van der Waals surface area contributed by atoms with Gasteiger partial charge in [0, 0.05) is 24.7 Å². The monoisotopic (exact) mass is 250 g/mol. The molecule has 2 aromatic carbocycles. The van der Waals surface area contributed by atoms with Gasteiger partial charge in [-0.1, -0.05) is 30.3 Å². The van der Waals surface area contributed by atoms with Crippen molar-refractivity contribution < 1.29 is 8.76 Å². The van der Waals surface area contributed by atoms with E-state index in [9.17, 15) is 4.21 Å². The Hall–Kier alpha value is -1.43. The van der Waals surface area contributed by atoms with Crippen molar-refractivity contribution in [2.45, 2.75) is 6.54 Å². The van der Waals surface area contributed by atoms with Crippen LogP contribution in [0.25, 0.3) is 10.8 Å². The molecule has 0 aliphatic rings. The summed E-state index contributed by atoms with van der Waals surface area (Å²) in [6.45, 7) is 0.369. The largest absolute Gasteiger partial charge is 0.388 e. The Morgan fingerprint density at radius 2 is 1.88 bits per heavy atom. The zero-order chi connectivity index (χ0) is 12.3. The van der Waals surface area contributed by atoms with Gasteiger partial charge in [-0.05, 0) is 17.0 Å². The Bertz CT molecular complexity index is 557. The molecule has 0 saturated carbocycles. The Morgan fingerprint density at radius 1 is 1.18 bits per heavy atom. The first-order chi connectivity index (χ1) is 8.22. The molecule has 0 bridgehead atoms. The van der Waals surface area contributed by atoms with Crippen molar-refractivity contribution in [2.75, 3.05) is 12.4 Å². The fraction of sp³-hybridized carbons (Fsp3) is 0.167. The molecule has 2 rings (SSSR count). The van der Waals surface area contributed by atoms with Crippen LogP contribution in [0.4, 0.5) is 5.69 Å². The quantitative estimate of drug-likeness (QED) is 0.728. The van der Waals surface area contributed by atoms with Crippen LogP contribution in [0.2, 0.25) is 0 Å². The normalized spacial score (nSPS) is 12.6. The van der Waals surface area contributed by atoms with Gasteiger partial charge in [0.1, 0.15) is 0 Å². The minimum atomic E-state index is -1.98. The van der Waals surface area contributed by atoms with Gasteiger partial charge in [0.2, 0.25) is 11.3 Å². The lowest BCUT2D eigenvalue weighted by atomic mass is 10.0.